The summed E-state index contributed by atoms with van der Waals surface area (Å²) in [5.41, 5.74) is 8.29. The van der Waals surface area contributed by atoms with E-state index in [0.717, 1.165) is 19.6 Å². The molecule has 1 aliphatic rings. The number of likely N-dealkylation sites (tertiary alicyclic amines) is 1. The largest absolute Gasteiger partial charge is 0.329 e. The number of fused-ring (bicyclic) bond motifs is 1. The van der Waals surface area contributed by atoms with Crippen LogP contribution >= 0.6 is 0 Å². The average molecular weight is 258 g/mol. The van der Waals surface area contributed by atoms with Gasteiger partial charge < -0.3 is 5.73 Å². The lowest BCUT2D eigenvalue weighted by Gasteiger charge is -2.24. The minimum atomic E-state index is 0.501. The Hall–Kier alpha value is -1.39. The maximum Gasteiger partial charge on any atom is 0.0843 e. The Morgan fingerprint density at radius 1 is 1.37 bits per heavy atom. The molecule has 0 spiro atoms. The van der Waals surface area contributed by atoms with E-state index < -0.39 is 0 Å². The van der Waals surface area contributed by atoms with Gasteiger partial charge in [-0.25, -0.2) is 0 Å². The van der Waals surface area contributed by atoms with Gasteiger partial charge in [0, 0.05) is 31.6 Å². The number of nitrogens with two attached hydrogens (primary N) is 1. The SMILES string of the molecule is CC1CCN(Cc2nn(C)c3ccccc23)C1CN. The Kier molecular flexibility index (Phi) is 3.29. The van der Waals surface area contributed by atoms with E-state index in [0.29, 0.717) is 12.0 Å². The number of aryl methyl sites for hydroxylation is 1. The van der Waals surface area contributed by atoms with E-state index in [1.165, 1.54) is 23.0 Å². The third-order valence-corrected chi connectivity index (χ3v) is 4.43. The summed E-state index contributed by atoms with van der Waals surface area (Å²) in [6.45, 7) is 5.08. The number of aromatic nitrogens is 2. The van der Waals surface area contributed by atoms with Crippen LogP contribution in [0.4, 0.5) is 0 Å². The molecule has 0 aliphatic carbocycles. The number of rotatable bonds is 3. The van der Waals surface area contributed by atoms with Crippen LogP contribution in [0, 0.1) is 5.92 Å². The Balaban J connectivity index is 1.90. The molecule has 1 aromatic heterocycles. The van der Waals surface area contributed by atoms with Crippen molar-refractivity contribution in [1.29, 1.82) is 0 Å². The van der Waals surface area contributed by atoms with Gasteiger partial charge in [-0.3, -0.25) is 9.58 Å². The molecular formula is C15H22N4. The van der Waals surface area contributed by atoms with E-state index >= 15 is 0 Å². The summed E-state index contributed by atoms with van der Waals surface area (Å²) in [6, 6.07) is 8.93. The van der Waals surface area contributed by atoms with Crippen molar-refractivity contribution in [1.82, 2.24) is 14.7 Å². The van der Waals surface area contributed by atoms with Crippen molar-refractivity contribution in [2.75, 3.05) is 13.1 Å². The summed E-state index contributed by atoms with van der Waals surface area (Å²) in [5, 5.41) is 5.95. The predicted octanol–water partition coefficient (Wildman–Crippen LogP) is 1.74. The summed E-state index contributed by atoms with van der Waals surface area (Å²) >= 11 is 0. The van der Waals surface area contributed by atoms with Crippen molar-refractivity contribution in [3.8, 4) is 0 Å². The van der Waals surface area contributed by atoms with Crippen molar-refractivity contribution in [2.45, 2.75) is 25.9 Å². The molecule has 1 fully saturated rings. The minimum Gasteiger partial charge on any atom is -0.329 e. The molecule has 19 heavy (non-hydrogen) atoms. The van der Waals surface area contributed by atoms with Crippen molar-refractivity contribution in [3.63, 3.8) is 0 Å². The summed E-state index contributed by atoms with van der Waals surface area (Å²) in [7, 11) is 2.01. The van der Waals surface area contributed by atoms with Crippen molar-refractivity contribution < 1.29 is 0 Å². The Morgan fingerprint density at radius 3 is 2.95 bits per heavy atom. The highest BCUT2D eigenvalue weighted by atomic mass is 15.3. The highest BCUT2D eigenvalue weighted by Gasteiger charge is 2.30. The first-order valence-corrected chi connectivity index (χ1v) is 7.05. The number of nitrogens with zero attached hydrogens (tertiary/aromatic N) is 3. The highest BCUT2D eigenvalue weighted by Crippen LogP contribution is 2.26. The molecule has 2 atom stereocenters. The third kappa shape index (κ3) is 2.15. The molecule has 3 rings (SSSR count). The molecule has 0 amide bonds. The molecule has 2 N–H and O–H groups in total. The van der Waals surface area contributed by atoms with E-state index in [2.05, 4.69) is 41.2 Å². The fraction of sp³-hybridized carbons (Fsp3) is 0.533. The second-order valence-electron chi connectivity index (χ2n) is 5.63. The Morgan fingerprint density at radius 2 is 2.16 bits per heavy atom. The van der Waals surface area contributed by atoms with Gasteiger partial charge in [0.15, 0.2) is 0 Å². The number of benzene rings is 1. The van der Waals surface area contributed by atoms with Gasteiger partial charge in [-0.1, -0.05) is 25.1 Å². The fourth-order valence-corrected chi connectivity index (χ4v) is 3.26. The lowest BCUT2D eigenvalue weighted by Crippen LogP contribution is -2.38. The van der Waals surface area contributed by atoms with Gasteiger partial charge in [0.25, 0.3) is 0 Å². The lowest BCUT2D eigenvalue weighted by molar-refractivity contribution is 0.226. The van der Waals surface area contributed by atoms with Gasteiger partial charge in [0.1, 0.15) is 0 Å². The molecule has 102 valence electrons. The number of hydrogen-bond acceptors (Lipinski definition) is 3. The van der Waals surface area contributed by atoms with Gasteiger partial charge in [-0.05, 0) is 24.9 Å². The van der Waals surface area contributed by atoms with Crippen LogP contribution in [0.25, 0.3) is 10.9 Å². The Labute approximate surface area is 114 Å². The summed E-state index contributed by atoms with van der Waals surface area (Å²) in [4.78, 5) is 2.49. The van der Waals surface area contributed by atoms with Crippen LogP contribution in [0.5, 0.6) is 0 Å². The van der Waals surface area contributed by atoms with Crippen LogP contribution in [0.2, 0.25) is 0 Å². The van der Waals surface area contributed by atoms with Gasteiger partial charge in [-0.2, -0.15) is 5.10 Å². The number of hydrogen-bond donors (Lipinski definition) is 1. The standard InChI is InChI=1S/C15H22N4/c1-11-7-8-19(15(11)9-16)10-13-12-5-3-4-6-14(12)18(2)17-13/h3-6,11,15H,7-10,16H2,1-2H3. The van der Waals surface area contributed by atoms with Crippen molar-refractivity contribution in [3.05, 3.63) is 30.0 Å². The normalized spacial score (nSPS) is 24.4. The quantitative estimate of drug-likeness (QED) is 0.912. The van der Waals surface area contributed by atoms with Gasteiger partial charge >= 0.3 is 0 Å². The molecule has 0 radical (unpaired) electrons. The lowest BCUT2D eigenvalue weighted by atomic mass is 10.0. The minimum absolute atomic E-state index is 0.501. The molecule has 4 heteroatoms. The Bertz CT molecular complexity index is 575. The monoisotopic (exact) mass is 258 g/mol. The summed E-state index contributed by atoms with van der Waals surface area (Å²) < 4.78 is 1.97. The van der Waals surface area contributed by atoms with Crippen LogP contribution < -0.4 is 5.73 Å². The average Bonchev–Trinajstić information content (AvgIpc) is 2.92. The molecule has 2 aromatic rings. The third-order valence-electron chi connectivity index (χ3n) is 4.43. The summed E-state index contributed by atoms with van der Waals surface area (Å²) in [6.07, 6.45) is 1.24. The number of para-hydroxylation sites is 1. The highest BCUT2D eigenvalue weighted by molar-refractivity contribution is 5.81. The molecule has 2 unspecified atom stereocenters. The molecular weight excluding hydrogens is 236 g/mol. The van der Waals surface area contributed by atoms with E-state index in [-0.39, 0.29) is 0 Å². The van der Waals surface area contributed by atoms with E-state index in [9.17, 15) is 0 Å². The van der Waals surface area contributed by atoms with Crippen molar-refractivity contribution >= 4 is 10.9 Å². The zero-order valence-corrected chi connectivity index (χ0v) is 11.7. The molecule has 4 nitrogen and oxygen atoms in total. The van der Waals surface area contributed by atoms with Crippen molar-refractivity contribution in [2.24, 2.45) is 18.7 Å². The van der Waals surface area contributed by atoms with Crippen LogP contribution in [-0.2, 0) is 13.6 Å². The first kappa shape index (κ1) is 12.6. The summed E-state index contributed by atoms with van der Waals surface area (Å²) in [5.74, 6) is 0.694. The maximum atomic E-state index is 5.92. The second-order valence-corrected chi connectivity index (χ2v) is 5.63. The zero-order chi connectivity index (χ0) is 13.4. The van der Waals surface area contributed by atoms with E-state index in [4.69, 9.17) is 5.73 Å². The molecule has 0 saturated carbocycles. The first-order valence-electron chi connectivity index (χ1n) is 7.05. The first-order chi connectivity index (χ1) is 9.20. The topological polar surface area (TPSA) is 47.1 Å². The van der Waals surface area contributed by atoms with E-state index in [1.54, 1.807) is 0 Å². The van der Waals surface area contributed by atoms with Crippen LogP contribution in [0.3, 0.4) is 0 Å². The zero-order valence-electron chi connectivity index (χ0n) is 11.7. The molecule has 1 aliphatic heterocycles. The second kappa shape index (κ2) is 4.94. The van der Waals surface area contributed by atoms with Crippen LogP contribution in [0.1, 0.15) is 19.0 Å². The smallest absolute Gasteiger partial charge is 0.0843 e. The van der Waals surface area contributed by atoms with Gasteiger partial charge in [0.05, 0.1) is 11.2 Å². The van der Waals surface area contributed by atoms with Gasteiger partial charge in [-0.15, -0.1) is 0 Å². The fourth-order valence-electron chi connectivity index (χ4n) is 3.26. The van der Waals surface area contributed by atoms with E-state index in [1.807, 2.05) is 11.7 Å². The predicted molar refractivity (Wildman–Crippen MR) is 77.7 cm³/mol. The van der Waals surface area contributed by atoms with Crippen LogP contribution in [-0.4, -0.2) is 33.8 Å². The molecule has 1 aromatic carbocycles. The molecule has 0 bridgehead atoms. The van der Waals surface area contributed by atoms with Gasteiger partial charge in [0.2, 0.25) is 0 Å². The maximum absolute atomic E-state index is 5.92. The molecule has 2 heterocycles. The van der Waals surface area contributed by atoms with Crippen LogP contribution in [0.15, 0.2) is 24.3 Å². The molecule has 1 saturated heterocycles.